The molecule has 26 heavy (non-hydrogen) atoms. The maximum atomic E-state index is 11.5. The lowest BCUT2D eigenvalue weighted by molar-refractivity contribution is -0.141. The molecule has 0 aromatic heterocycles. The van der Waals surface area contributed by atoms with E-state index in [1.54, 1.807) is 13.8 Å². The summed E-state index contributed by atoms with van der Waals surface area (Å²) in [4.78, 5) is 22.9. The van der Waals surface area contributed by atoms with Gasteiger partial charge in [0.1, 0.15) is 13.2 Å². The maximum absolute atomic E-state index is 11.5. The molecule has 0 amide bonds. The fourth-order valence-corrected chi connectivity index (χ4v) is 2.18. The predicted octanol–water partition coefficient (Wildman–Crippen LogP) is 4.59. The molecule has 0 atom stereocenters. The van der Waals surface area contributed by atoms with Crippen LogP contribution in [-0.2, 0) is 32.3 Å². The van der Waals surface area contributed by atoms with Gasteiger partial charge in [-0.15, -0.1) is 0 Å². The van der Waals surface area contributed by atoms with Gasteiger partial charge >= 0.3 is 11.9 Å². The third kappa shape index (κ3) is 5.45. The molecule has 0 spiro atoms. The third-order valence-electron chi connectivity index (χ3n) is 3.65. The molecule has 0 aliphatic carbocycles. The predicted molar refractivity (Wildman–Crippen MR) is 101 cm³/mol. The number of esters is 2. The van der Waals surface area contributed by atoms with Gasteiger partial charge in [0.05, 0.1) is 0 Å². The van der Waals surface area contributed by atoms with Gasteiger partial charge in [0, 0.05) is 11.1 Å². The number of carbonyl (C=O) groups excluding carboxylic acids is 2. The van der Waals surface area contributed by atoms with Gasteiger partial charge in [0.25, 0.3) is 0 Å². The van der Waals surface area contributed by atoms with E-state index in [9.17, 15) is 9.59 Å². The van der Waals surface area contributed by atoms with Crippen LogP contribution in [0.2, 0.25) is 0 Å². The standard InChI is InChI=1S/C22H22O4/c1-15(2)21(23)25-13-17-8-10-19(11-9-17)20-7-5-6-18(12-20)14-26-22(24)16(3)4/h5-12H,1,3,13-14H2,2,4H3. The van der Waals surface area contributed by atoms with E-state index >= 15 is 0 Å². The Kier molecular flexibility index (Phi) is 6.50. The van der Waals surface area contributed by atoms with Gasteiger partial charge in [0.2, 0.25) is 0 Å². The van der Waals surface area contributed by atoms with E-state index < -0.39 is 11.9 Å². The van der Waals surface area contributed by atoms with Crippen LogP contribution in [0.25, 0.3) is 11.1 Å². The highest BCUT2D eigenvalue weighted by Gasteiger charge is 2.06. The number of hydrogen-bond donors (Lipinski definition) is 0. The third-order valence-corrected chi connectivity index (χ3v) is 3.65. The van der Waals surface area contributed by atoms with Crippen molar-refractivity contribution in [2.24, 2.45) is 0 Å². The number of ether oxygens (including phenoxy) is 2. The van der Waals surface area contributed by atoms with Crippen molar-refractivity contribution >= 4 is 11.9 Å². The van der Waals surface area contributed by atoms with Gasteiger partial charge in [0.15, 0.2) is 0 Å². The number of carbonyl (C=O) groups is 2. The quantitative estimate of drug-likeness (QED) is 0.541. The van der Waals surface area contributed by atoms with Crippen LogP contribution < -0.4 is 0 Å². The van der Waals surface area contributed by atoms with E-state index in [2.05, 4.69) is 13.2 Å². The SMILES string of the molecule is C=C(C)C(=O)OCc1ccc(-c2cccc(COC(=O)C(=C)C)c2)cc1. The molecule has 0 unspecified atom stereocenters. The number of hydrogen-bond acceptors (Lipinski definition) is 4. The lowest BCUT2D eigenvalue weighted by atomic mass is 10.0. The first-order valence-electron chi connectivity index (χ1n) is 8.20. The fourth-order valence-electron chi connectivity index (χ4n) is 2.18. The van der Waals surface area contributed by atoms with Crippen molar-refractivity contribution in [1.82, 2.24) is 0 Å². The summed E-state index contributed by atoms with van der Waals surface area (Å²) in [7, 11) is 0. The maximum Gasteiger partial charge on any atom is 0.333 e. The Morgan fingerprint density at radius 2 is 1.31 bits per heavy atom. The molecule has 0 saturated carbocycles. The van der Waals surface area contributed by atoms with Crippen LogP contribution in [0, 0.1) is 0 Å². The summed E-state index contributed by atoms with van der Waals surface area (Å²) in [6, 6.07) is 15.5. The minimum absolute atomic E-state index is 0.203. The van der Waals surface area contributed by atoms with Crippen molar-refractivity contribution in [3.05, 3.63) is 84.0 Å². The molecule has 0 N–H and O–H groups in total. The summed E-state index contributed by atoms with van der Waals surface area (Å²) < 4.78 is 10.3. The van der Waals surface area contributed by atoms with Crippen molar-refractivity contribution in [3.8, 4) is 11.1 Å². The van der Waals surface area contributed by atoms with Crippen molar-refractivity contribution in [3.63, 3.8) is 0 Å². The Labute approximate surface area is 153 Å². The molecule has 4 heteroatoms. The lowest BCUT2D eigenvalue weighted by Crippen LogP contribution is -2.05. The minimum Gasteiger partial charge on any atom is -0.457 e. The first kappa shape index (κ1) is 19.2. The second-order valence-corrected chi connectivity index (χ2v) is 6.11. The van der Waals surface area contributed by atoms with E-state index in [4.69, 9.17) is 9.47 Å². The van der Waals surface area contributed by atoms with Gasteiger partial charge in [-0.05, 0) is 42.2 Å². The largest absolute Gasteiger partial charge is 0.457 e. The Balaban J connectivity index is 2.03. The molecule has 0 aliphatic heterocycles. The van der Waals surface area contributed by atoms with Crippen molar-refractivity contribution in [1.29, 1.82) is 0 Å². The van der Waals surface area contributed by atoms with Crippen LogP contribution in [0.4, 0.5) is 0 Å². The summed E-state index contributed by atoms with van der Waals surface area (Å²) in [6.07, 6.45) is 0. The van der Waals surface area contributed by atoms with Crippen LogP contribution >= 0.6 is 0 Å². The molecule has 2 aromatic carbocycles. The summed E-state index contributed by atoms with van der Waals surface area (Å²) >= 11 is 0. The zero-order chi connectivity index (χ0) is 19.1. The van der Waals surface area contributed by atoms with E-state index in [0.717, 1.165) is 22.3 Å². The van der Waals surface area contributed by atoms with E-state index in [0.29, 0.717) is 11.1 Å². The van der Waals surface area contributed by atoms with Gasteiger partial charge in [-0.25, -0.2) is 9.59 Å². The monoisotopic (exact) mass is 350 g/mol. The average molecular weight is 350 g/mol. The number of rotatable bonds is 7. The van der Waals surface area contributed by atoms with Gasteiger partial charge in [-0.3, -0.25) is 0 Å². The number of benzene rings is 2. The molecular weight excluding hydrogens is 328 g/mol. The van der Waals surface area contributed by atoms with Crippen LogP contribution in [0.3, 0.4) is 0 Å². The van der Waals surface area contributed by atoms with Crippen LogP contribution in [0.5, 0.6) is 0 Å². The molecule has 2 aromatic rings. The molecule has 0 aliphatic rings. The van der Waals surface area contributed by atoms with Crippen LogP contribution in [0.1, 0.15) is 25.0 Å². The summed E-state index contributed by atoms with van der Waals surface area (Å²) in [5.41, 5.74) is 4.59. The van der Waals surface area contributed by atoms with Crippen LogP contribution in [0.15, 0.2) is 72.8 Å². The highest BCUT2D eigenvalue weighted by atomic mass is 16.5. The van der Waals surface area contributed by atoms with Crippen molar-refractivity contribution < 1.29 is 19.1 Å². The zero-order valence-electron chi connectivity index (χ0n) is 15.1. The molecule has 0 saturated heterocycles. The molecule has 134 valence electrons. The van der Waals surface area contributed by atoms with Gasteiger partial charge in [-0.2, -0.15) is 0 Å². The van der Waals surface area contributed by atoms with E-state index in [1.165, 1.54) is 0 Å². The van der Waals surface area contributed by atoms with Gasteiger partial charge < -0.3 is 9.47 Å². The van der Waals surface area contributed by atoms with E-state index in [1.807, 2.05) is 48.5 Å². The van der Waals surface area contributed by atoms with E-state index in [-0.39, 0.29) is 13.2 Å². The Morgan fingerprint density at radius 3 is 1.85 bits per heavy atom. The molecule has 0 bridgehead atoms. The first-order chi connectivity index (χ1) is 12.4. The highest BCUT2D eigenvalue weighted by Crippen LogP contribution is 2.22. The lowest BCUT2D eigenvalue weighted by Gasteiger charge is -2.08. The molecule has 0 fully saturated rings. The Hall–Kier alpha value is -3.14. The molecule has 0 radical (unpaired) electrons. The molecular formula is C22H22O4. The average Bonchev–Trinajstić information content (AvgIpc) is 2.64. The molecule has 0 heterocycles. The smallest absolute Gasteiger partial charge is 0.333 e. The Bertz CT molecular complexity index is 831. The highest BCUT2D eigenvalue weighted by molar-refractivity contribution is 5.87. The first-order valence-corrected chi connectivity index (χ1v) is 8.20. The normalized spacial score (nSPS) is 10.1. The van der Waals surface area contributed by atoms with Gasteiger partial charge in [-0.1, -0.05) is 55.6 Å². The van der Waals surface area contributed by atoms with Crippen molar-refractivity contribution in [2.45, 2.75) is 27.1 Å². The topological polar surface area (TPSA) is 52.6 Å². The van der Waals surface area contributed by atoms with Crippen molar-refractivity contribution in [2.75, 3.05) is 0 Å². The second-order valence-electron chi connectivity index (χ2n) is 6.11. The molecule has 2 rings (SSSR count). The zero-order valence-corrected chi connectivity index (χ0v) is 15.1. The summed E-state index contributed by atoms with van der Waals surface area (Å²) in [5, 5.41) is 0. The van der Waals surface area contributed by atoms with Crippen LogP contribution in [-0.4, -0.2) is 11.9 Å². The summed E-state index contributed by atoms with van der Waals surface area (Å²) in [5.74, 6) is -0.796. The Morgan fingerprint density at radius 1 is 0.769 bits per heavy atom. The molecule has 4 nitrogen and oxygen atoms in total. The second kappa shape index (κ2) is 8.81. The fraction of sp³-hybridized carbons (Fsp3) is 0.182. The minimum atomic E-state index is -0.399. The summed E-state index contributed by atoms with van der Waals surface area (Å²) in [6.45, 7) is 10.8.